The highest BCUT2D eigenvalue weighted by atomic mass is 16.5. The van der Waals surface area contributed by atoms with Crippen molar-refractivity contribution in [3.8, 4) is 5.75 Å². The summed E-state index contributed by atoms with van der Waals surface area (Å²) in [5.41, 5.74) is 0.0155. The van der Waals surface area contributed by atoms with E-state index in [9.17, 15) is 92.3 Å². The standard InChI is InChI=1S/C61H92N12O20/c1-5-7-8-9-10-11-12-13-14-17-27-93-38-23-21-37(22-24-38)53(84)68-41(30-50(82)83)56(87)69-42-31-62-57(88)44-20-18-26-73(44)61(92)51(35(3)6-2)71-59(90)52(36(4)74)70-47(77)34-64-55(86)40(29-49(80)81)66-45(75)32-63-54(85)39(28-48(78)79)67-46(76)33-65-58(89)43-19-15-16-25-72(43)60(42)91/h21-24,35-36,39-44,51-52,74H,5-20,25-34H2,1-4H3,(H,62,88)(H,63,85)(H,64,86)(H,65,89)(H,66,75)(H,67,76)(H,68,84)(H,69,87)(H,70,77)(H,71,90)(H,78,79)(H,80,81)(H,82,83)/t35?,36?,39?,40?,41-,42?,43?,44?,51?,52?/m0/s1. The van der Waals surface area contributed by atoms with Gasteiger partial charge in [0.1, 0.15) is 54.1 Å². The molecule has 0 aromatic heterocycles. The molecule has 0 radical (unpaired) electrons. The highest BCUT2D eigenvalue weighted by molar-refractivity contribution is 6.01. The van der Waals surface area contributed by atoms with Gasteiger partial charge in [0, 0.05) is 25.2 Å². The average Bonchev–Trinajstić information content (AvgIpc) is 1.84. The van der Waals surface area contributed by atoms with Gasteiger partial charge < -0.3 is 88.1 Å². The summed E-state index contributed by atoms with van der Waals surface area (Å²) >= 11 is 0. The molecule has 4 rings (SSSR count). The number of piperidine rings is 1. The summed E-state index contributed by atoms with van der Waals surface area (Å²) in [7, 11) is 0. The molecule has 32 nitrogen and oxygen atoms in total. The van der Waals surface area contributed by atoms with Crippen LogP contribution >= 0.6 is 0 Å². The Morgan fingerprint density at radius 2 is 1.06 bits per heavy atom. The summed E-state index contributed by atoms with van der Waals surface area (Å²) in [5, 5.41) is 62.7. The van der Waals surface area contributed by atoms with E-state index in [-0.39, 0.29) is 44.3 Å². The van der Waals surface area contributed by atoms with Gasteiger partial charge in [-0.2, -0.15) is 0 Å². The zero-order valence-electron chi connectivity index (χ0n) is 53.2. The van der Waals surface area contributed by atoms with Crippen LogP contribution in [0.2, 0.25) is 0 Å². The van der Waals surface area contributed by atoms with Gasteiger partial charge in [0.2, 0.25) is 65.0 Å². The lowest BCUT2D eigenvalue weighted by Crippen LogP contribution is -2.63. The summed E-state index contributed by atoms with van der Waals surface area (Å²) in [5.74, 6) is -17.7. The first kappa shape index (κ1) is 76.5. The third kappa shape index (κ3) is 25.9. The fraction of sp³-hybridized carbons (Fsp3) is 0.656. The molecule has 0 spiro atoms. The SMILES string of the molecule is CCCCCCCCCCCCOc1ccc(C(=O)N[C@@H](CC(=O)O)C(=O)NC2CNC(=O)C3CCCN3C(=O)C(C(C)CC)NC(=O)C(C(C)O)NC(=O)CNC(=O)C(CC(=O)O)NC(=O)CNC(=O)C(CC(=O)O)NC(=O)CNC(=O)C3CCCCN3C2=O)cc1. The molecule has 0 bridgehead atoms. The number of nitrogens with one attached hydrogen (secondary N) is 10. The predicted molar refractivity (Wildman–Crippen MR) is 329 cm³/mol. The molecule has 12 amide bonds. The number of aliphatic hydroxyl groups is 1. The van der Waals surface area contributed by atoms with E-state index in [0.717, 1.165) is 37.5 Å². The van der Waals surface area contributed by atoms with Crippen LogP contribution in [0.1, 0.15) is 160 Å². The van der Waals surface area contributed by atoms with Crippen LogP contribution in [0.4, 0.5) is 0 Å². The summed E-state index contributed by atoms with van der Waals surface area (Å²) in [6.07, 6.45) is 7.77. The number of hydrogen-bond donors (Lipinski definition) is 14. The zero-order chi connectivity index (χ0) is 68.7. The highest BCUT2D eigenvalue weighted by Crippen LogP contribution is 2.23. The first-order valence-corrected chi connectivity index (χ1v) is 31.8. The number of carboxylic acids is 3. The number of benzene rings is 1. The van der Waals surface area contributed by atoms with Crippen molar-refractivity contribution in [1.82, 2.24) is 63.0 Å². The molecule has 3 aliphatic rings. The maximum absolute atomic E-state index is 14.9. The molecular weight excluding hydrogens is 1220 g/mol. The van der Waals surface area contributed by atoms with E-state index in [1.165, 1.54) is 67.7 Å². The van der Waals surface area contributed by atoms with Crippen molar-refractivity contribution in [3.05, 3.63) is 29.8 Å². The Balaban J connectivity index is 1.65. The van der Waals surface area contributed by atoms with Crippen LogP contribution in [-0.4, -0.2) is 219 Å². The minimum absolute atomic E-state index is 0.0155. The Bertz CT molecular complexity index is 2800. The quantitative estimate of drug-likeness (QED) is 0.0481. The van der Waals surface area contributed by atoms with E-state index in [1.807, 2.05) is 0 Å². The second-order valence-electron chi connectivity index (χ2n) is 23.5. The summed E-state index contributed by atoms with van der Waals surface area (Å²) < 4.78 is 5.87. The van der Waals surface area contributed by atoms with Crippen molar-refractivity contribution in [3.63, 3.8) is 0 Å². The first-order chi connectivity index (χ1) is 44.2. The van der Waals surface area contributed by atoms with E-state index in [1.54, 1.807) is 13.8 Å². The van der Waals surface area contributed by atoms with Gasteiger partial charge in [0.05, 0.1) is 51.6 Å². The molecule has 93 heavy (non-hydrogen) atoms. The molecule has 516 valence electrons. The van der Waals surface area contributed by atoms with Gasteiger partial charge in [0.15, 0.2) is 0 Å². The molecule has 3 heterocycles. The number of aliphatic hydroxyl groups excluding tert-OH is 1. The Labute approximate surface area is 538 Å². The molecule has 3 fully saturated rings. The topological polar surface area (TPSA) is 473 Å². The largest absolute Gasteiger partial charge is 0.494 e. The van der Waals surface area contributed by atoms with Crippen molar-refractivity contribution < 1.29 is 97.1 Å². The van der Waals surface area contributed by atoms with Gasteiger partial charge in [-0.1, -0.05) is 85.0 Å². The van der Waals surface area contributed by atoms with Crippen LogP contribution in [0, 0.1) is 5.92 Å². The molecule has 0 aliphatic carbocycles. The van der Waals surface area contributed by atoms with E-state index in [0.29, 0.717) is 25.2 Å². The minimum Gasteiger partial charge on any atom is -0.494 e. The lowest BCUT2D eigenvalue weighted by molar-refractivity contribution is -0.146. The van der Waals surface area contributed by atoms with Crippen LogP contribution in [0.3, 0.4) is 0 Å². The predicted octanol–water partition coefficient (Wildman–Crippen LogP) is -1.79. The second kappa shape index (κ2) is 39.4. The van der Waals surface area contributed by atoms with Gasteiger partial charge in [-0.25, -0.2) is 0 Å². The van der Waals surface area contributed by atoms with Crippen molar-refractivity contribution in [2.45, 2.75) is 204 Å². The smallest absolute Gasteiger partial charge is 0.305 e. The third-order valence-electron chi connectivity index (χ3n) is 16.1. The normalized spacial score (nSPS) is 23.2. The number of carbonyl (C=O) groups is 15. The molecule has 0 saturated carbocycles. The molecule has 1 aromatic carbocycles. The van der Waals surface area contributed by atoms with Crippen molar-refractivity contribution in [2.24, 2.45) is 5.92 Å². The maximum atomic E-state index is 14.9. The monoisotopic (exact) mass is 1310 g/mol. The molecule has 9 unspecified atom stereocenters. The number of hydrogen-bond acceptors (Lipinski definition) is 17. The number of amides is 12. The fourth-order valence-electron chi connectivity index (χ4n) is 10.7. The molecule has 1 aromatic rings. The molecule has 14 N–H and O–H groups in total. The van der Waals surface area contributed by atoms with Crippen LogP contribution in [0.25, 0.3) is 0 Å². The van der Waals surface area contributed by atoms with Crippen LogP contribution in [0.5, 0.6) is 5.75 Å². The molecule has 10 atom stereocenters. The Kier molecular flexibility index (Phi) is 32.4. The summed E-state index contributed by atoms with van der Waals surface area (Å²) in [6, 6.07) is -7.45. The number of fused-ring (bicyclic) bond motifs is 2. The van der Waals surface area contributed by atoms with Gasteiger partial charge in [-0.3, -0.25) is 71.9 Å². The zero-order valence-corrected chi connectivity index (χ0v) is 53.2. The Morgan fingerprint density at radius 1 is 0.570 bits per heavy atom. The lowest BCUT2D eigenvalue weighted by Gasteiger charge is -2.37. The van der Waals surface area contributed by atoms with E-state index in [4.69, 9.17) is 4.74 Å². The van der Waals surface area contributed by atoms with Crippen molar-refractivity contribution in [1.29, 1.82) is 0 Å². The third-order valence-corrected chi connectivity index (χ3v) is 16.1. The summed E-state index contributed by atoms with van der Waals surface area (Å²) in [4.78, 5) is 204. The molecule has 32 heteroatoms. The number of nitrogens with zero attached hydrogens (tertiary/aromatic N) is 2. The number of aliphatic carboxylic acids is 3. The average molecular weight is 1310 g/mol. The Morgan fingerprint density at radius 3 is 1.59 bits per heavy atom. The molecule has 3 aliphatic heterocycles. The minimum atomic E-state index is -1.91. The van der Waals surface area contributed by atoms with Gasteiger partial charge in [0.25, 0.3) is 5.91 Å². The van der Waals surface area contributed by atoms with Crippen molar-refractivity contribution in [2.75, 3.05) is 45.9 Å². The van der Waals surface area contributed by atoms with Crippen molar-refractivity contribution >= 4 is 88.8 Å². The van der Waals surface area contributed by atoms with Crippen LogP contribution < -0.4 is 57.9 Å². The number of rotatable bonds is 25. The molecule has 3 saturated heterocycles. The summed E-state index contributed by atoms with van der Waals surface area (Å²) in [6.45, 7) is 3.20. The van der Waals surface area contributed by atoms with Gasteiger partial charge in [-0.05, 0) is 75.6 Å². The van der Waals surface area contributed by atoms with Crippen LogP contribution in [-0.2, 0) is 67.1 Å². The van der Waals surface area contributed by atoms with Crippen LogP contribution in [0.15, 0.2) is 24.3 Å². The number of ether oxygens (including phenoxy) is 1. The van der Waals surface area contributed by atoms with E-state index in [2.05, 4.69) is 60.1 Å². The first-order valence-electron chi connectivity index (χ1n) is 31.8. The fourth-order valence-corrected chi connectivity index (χ4v) is 10.7. The maximum Gasteiger partial charge on any atom is 0.305 e. The van der Waals surface area contributed by atoms with E-state index >= 15 is 0 Å². The van der Waals surface area contributed by atoms with Gasteiger partial charge in [-0.15, -0.1) is 0 Å². The van der Waals surface area contributed by atoms with Gasteiger partial charge >= 0.3 is 17.9 Å². The molecular formula is C61H92N12O20. The number of carboxylic acid groups (broad SMARTS) is 3. The number of carbonyl (C=O) groups excluding carboxylic acids is 12. The lowest BCUT2D eigenvalue weighted by atomic mass is 9.96. The number of unbranched alkanes of at least 4 members (excludes halogenated alkanes) is 9. The highest BCUT2D eigenvalue weighted by Gasteiger charge is 2.43. The van der Waals surface area contributed by atoms with E-state index < -0.39 is 195 Å². The Hall–Kier alpha value is -8.97. The second-order valence-corrected chi connectivity index (χ2v) is 23.5.